The van der Waals surface area contributed by atoms with Gasteiger partial charge in [-0.25, -0.2) is 4.98 Å². The smallest absolute Gasteiger partial charge is 0.251 e. The van der Waals surface area contributed by atoms with E-state index in [9.17, 15) is 14.7 Å². The molecule has 0 fully saturated rings. The first-order chi connectivity index (χ1) is 19.1. The third kappa shape index (κ3) is 4.90. The molecule has 2 heterocycles. The summed E-state index contributed by atoms with van der Waals surface area (Å²) in [6.45, 7) is 1.27. The number of carbonyl (C=O) groups is 2. The van der Waals surface area contributed by atoms with Crippen molar-refractivity contribution < 1.29 is 19.4 Å². The summed E-state index contributed by atoms with van der Waals surface area (Å²) in [7, 11) is 0. The quantitative estimate of drug-likeness (QED) is 0.363. The minimum atomic E-state index is -1.24. The molecule has 1 amide bonds. The van der Waals surface area contributed by atoms with Gasteiger partial charge in [-0.3, -0.25) is 4.79 Å². The Morgan fingerprint density at radius 1 is 0.923 bits per heavy atom. The topological polar surface area (TPSA) is 96.3 Å². The van der Waals surface area contributed by atoms with Crippen LogP contribution in [0.5, 0.6) is 5.75 Å². The standard InChI is InChI=1S/C32H25N3O4/c36-31(33-18-21-6-2-1-3-7-21)22-10-12-28-29(17-22)35(20-34-28)15-14-26-25-9-5-4-8-24(25)19-39-30-13-11-23(32(37)38)16-27(26)30/h1-14,16-17,20H,15,18-19H2,(H,33,36)(H,37,38)/p-1/b26-14+. The highest BCUT2D eigenvalue weighted by molar-refractivity contribution is 5.97. The molecule has 0 saturated carbocycles. The van der Waals surface area contributed by atoms with Crippen molar-refractivity contribution in [2.45, 2.75) is 19.7 Å². The maximum Gasteiger partial charge on any atom is 0.251 e. The van der Waals surface area contributed by atoms with Gasteiger partial charge in [-0.05, 0) is 64.2 Å². The highest BCUT2D eigenvalue weighted by atomic mass is 16.5. The summed E-state index contributed by atoms with van der Waals surface area (Å²) in [5.74, 6) is -0.797. The zero-order chi connectivity index (χ0) is 26.8. The number of rotatable bonds is 6. The summed E-state index contributed by atoms with van der Waals surface area (Å²) in [5, 5.41) is 14.6. The van der Waals surface area contributed by atoms with Gasteiger partial charge in [0.05, 0.1) is 23.3 Å². The van der Waals surface area contributed by atoms with E-state index in [0.29, 0.717) is 36.6 Å². The lowest BCUT2D eigenvalue weighted by Crippen LogP contribution is -2.22. The van der Waals surface area contributed by atoms with Crippen LogP contribution in [0.15, 0.2) is 103 Å². The summed E-state index contributed by atoms with van der Waals surface area (Å²) < 4.78 is 7.99. The molecular weight excluding hydrogens is 490 g/mol. The number of aromatic carboxylic acids is 1. The van der Waals surface area contributed by atoms with E-state index in [-0.39, 0.29) is 11.5 Å². The molecule has 1 aliphatic rings. The second kappa shape index (κ2) is 10.3. The molecule has 7 nitrogen and oxygen atoms in total. The Bertz CT molecular complexity index is 1740. The van der Waals surface area contributed by atoms with Gasteiger partial charge in [0.2, 0.25) is 0 Å². The number of carbonyl (C=O) groups excluding carboxylic acids is 2. The first kappa shape index (κ1) is 24.2. The van der Waals surface area contributed by atoms with E-state index < -0.39 is 5.97 Å². The van der Waals surface area contributed by atoms with E-state index in [0.717, 1.165) is 33.3 Å². The Morgan fingerprint density at radius 2 is 1.72 bits per heavy atom. The number of aromatic nitrogens is 2. The number of ether oxygens (including phenoxy) is 1. The number of nitrogens with one attached hydrogen (secondary N) is 1. The van der Waals surface area contributed by atoms with Gasteiger partial charge in [-0.1, -0.05) is 60.7 Å². The highest BCUT2D eigenvalue weighted by Gasteiger charge is 2.20. The van der Waals surface area contributed by atoms with Crippen molar-refractivity contribution in [3.05, 3.63) is 137 Å². The molecule has 0 radical (unpaired) electrons. The summed E-state index contributed by atoms with van der Waals surface area (Å²) >= 11 is 0. The Kier molecular flexibility index (Phi) is 6.39. The molecule has 1 aromatic heterocycles. The van der Waals surface area contributed by atoms with Crippen LogP contribution in [0.25, 0.3) is 16.6 Å². The third-order valence-electron chi connectivity index (χ3n) is 6.87. The summed E-state index contributed by atoms with van der Waals surface area (Å²) in [5.41, 5.74) is 6.77. The molecule has 0 atom stereocenters. The summed E-state index contributed by atoms with van der Waals surface area (Å²) in [6.07, 6.45) is 3.78. The van der Waals surface area contributed by atoms with Crippen LogP contribution in [0, 0.1) is 0 Å². The van der Waals surface area contributed by atoms with Crippen molar-refractivity contribution in [3.8, 4) is 5.75 Å². The van der Waals surface area contributed by atoms with Crippen molar-refractivity contribution in [2.75, 3.05) is 0 Å². The van der Waals surface area contributed by atoms with E-state index >= 15 is 0 Å². The number of allylic oxidation sites excluding steroid dienone is 1. The Morgan fingerprint density at radius 3 is 2.56 bits per heavy atom. The van der Waals surface area contributed by atoms with Crippen LogP contribution in [-0.4, -0.2) is 21.4 Å². The minimum Gasteiger partial charge on any atom is -0.545 e. The summed E-state index contributed by atoms with van der Waals surface area (Å²) in [4.78, 5) is 29.0. The first-order valence-electron chi connectivity index (χ1n) is 12.6. The number of nitrogens with zero attached hydrogens (tertiary/aromatic N) is 2. The fourth-order valence-corrected chi connectivity index (χ4v) is 4.84. The van der Waals surface area contributed by atoms with Crippen LogP contribution in [-0.2, 0) is 19.7 Å². The molecule has 6 rings (SSSR count). The van der Waals surface area contributed by atoms with Crippen LogP contribution in [0.4, 0.5) is 0 Å². The monoisotopic (exact) mass is 514 g/mol. The average Bonchev–Trinajstić information content (AvgIpc) is 3.30. The number of carboxylic acids is 1. The Hall–Kier alpha value is -5.17. The van der Waals surface area contributed by atoms with Gasteiger partial charge in [-0.2, -0.15) is 0 Å². The van der Waals surface area contributed by atoms with Crippen molar-refractivity contribution in [1.29, 1.82) is 0 Å². The molecule has 0 saturated heterocycles. The Labute approximate surface area is 225 Å². The zero-order valence-corrected chi connectivity index (χ0v) is 21.0. The van der Waals surface area contributed by atoms with Crippen LogP contribution in [0.1, 0.15) is 43.0 Å². The van der Waals surface area contributed by atoms with Gasteiger partial charge in [0.25, 0.3) is 5.91 Å². The van der Waals surface area contributed by atoms with Crippen molar-refractivity contribution in [1.82, 2.24) is 14.9 Å². The number of fused-ring (bicyclic) bond motifs is 3. The molecule has 0 spiro atoms. The van der Waals surface area contributed by atoms with Gasteiger partial charge < -0.3 is 24.5 Å². The van der Waals surface area contributed by atoms with Gasteiger partial charge >= 0.3 is 0 Å². The molecule has 192 valence electrons. The fraction of sp³-hybridized carbons (Fsp3) is 0.0938. The molecule has 39 heavy (non-hydrogen) atoms. The predicted octanol–water partition coefficient (Wildman–Crippen LogP) is 4.35. The van der Waals surface area contributed by atoms with Crippen LogP contribution in [0.2, 0.25) is 0 Å². The summed E-state index contributed by atoms with van der Waals surface area (Å²) in [6, 6.07) is 27.9. The van der Waals surface area contributed by atoms with E-state index in [4.69, 9.17) is 4.74 Å². The van der Waals surface area contributed by atoms with Crippen molar-refractivity contribution in [3.63, 3.8) is 0 Å². The maximum atomic E-state index is 12.9. The normalized spacial score (nSPS) is 13.3. The van der Waals surface area contributed by atoms with Gasteiger partial charge in [0.15, 0.2) is 0 Å². The van der Waals surface area contributed by atoms with Crippen LogP contribution in [0.3, 0.4) is 0 Å². The first-order valence-corrected chi connectivity index (χ1v) is 12.6. The lowest BCUT2D eigenvalue weighted by molar-refractivity contribution is -0.255. The molecular formula is C32H24N3O4-. The van der Waals surface area contributed by atoms with Crippen LogP contribution >= 0.6 is 0 Å². The van der Waals surface area contributed by atoms with Gasteiger partial charge in [-0.15, -0.1) is 0 Å². The van der Waals surface area contributed by atoms with Gasteiger partial charge in [0.1, 0.15) is 12.4 Å². The molecule has 4 aromatic carbocycles. The average molecular weight is 515 g/mol. The zero-order valence-electron chi connectivity index (χ0n) is 21.0. The predicted molar refractivity (Wildman–Crippen MR) is 146 cm³/mol. The number of amides is 1. The molecule has 0 aliphatic carbocycles. The maximum absolute atomic E-state index is 12.9. The third-order valence-corrected chi connectivity index (χ3v) is 6.87. The van der Waals surface area contributed by atoms with E-state index in [2.05, 4.69) is 10.3 Å². The lowest BCUT2D eigenvalue weighted by atomic mass is 9.93. The fourth-order valence-electron chi connectivity index (χ4n) is 4.84. The number of hydrogen-bond donors (Lipinski definition) is 1. The van der Waals surface area contributed by atoms with E-state index in [1.165, 1.54) is 6.07 Å². The number of benzene rings is 4. The molecule has 5 aromatic rings. The number of imidazole rings is 1. The van der Waals surface area contributed by atoms with E-state index in [1.54, 1.807) is 24.5 Å². The SMILES string of the molecule is O=C([O-])c1ccc2c(c1)/C(=C/Cn1cnc3ccc(C(=O)NCc4ccccc4)cc31)c1ccccc1CO2. The van der Waals surface area contributed by atoms with E-state index in [1.807, 2.05) is 77.4 Å². The minimum absolute atomic E-state index is 0.0851. The van der Waals surface area contributed by atoms with Crippen molar-refractivity contribution in [2.24, 2.45) is 0 Å². The number of carboxylic acid groups (broad SMARTS) is 1. The largest absolute Gasteiger partial charge is 0.545 e. The molecule has 1 N–H and O–H groups in total. The number of hydrogen-bond acceptors (Lipinski definition) is 5. The Balaban J connectivity index is 1.34. The van der Waals surface area contributed by atoms with Crippen molar-refractivity contribution >= 4 is 28.5 Å². The second-order valence-corrected chi connectivity index (χ2v) is 9.33. The lowest BCUT2D eigenvalue weighted by Gasteiger charge is -2.13. The highest BCUT2D eigenvalue weighted by Crippen LogP contribution is 2.37. The van der Waals surface area contributed by atoms with Gasteiger partial charge in [0, 0.05) is 24.2 Å². The molecule has 0 bridgehead atoms. The molecule has 7 heteroatoms. The molecule has 1 aliphatic heterocycles. The second-order valence-electron chi connectivity index (χ2n) is 9.33. The van der Waals surface area contributed by atoms with Crippen LogP contribution < -0.4 is 15.2 Å². The molecule has 0 unspecified atom stereocenters.